The minimum absolute atomic E-state index is 0.630. The molecule has 0 fully saturated rings. The van der Waals surface area contributed by atoms with E-state index in [0.29, 0.717) is 5.88 Å². The summed E-state index contributed by atoms with van der Waals surface area (Å²) >= 11 is 0. The standard InChI is InChI=1S/C14H19N3O/c1-3-8-17-9-6-12(11-17)10-16-13-5-4-7-15-14(13)18-2/h4-7,9,11,16H,3,8,10H2,1-2H3. The Morgan fingerprint density at radius 3 is 3.06 bits per heavy atom. The lowest BCUT2D eigenvalue weighted by atomic mass is 10.3. The van der Waals surface area contributed by atoms with E-state index in [-0.39, 0.29) is 0 Å². The van der Waals surface area contributed by atoms with Gasteiger partial charge in [-0.15, -0.1) is 0 Å². The number of anilines is 1. The number of nitrogens with one attached hydrogen (secondary N) is 1. The highest BCUT2D eigenvalue weighted by atomic mass is 16.5. The molecule has 0 aliphatic heterocycles. The maximum Gasteiger partial charge on any atom is 0.237 e. The lowest BCUT2D eigenvalue weighted by Gasteiger charge is -2.08. The third-order valence-corrected chi connectivity index (χ3v) is 2.74. The fraction of sp³-hybridized carbons (Fsp3) is 0.357. The zero-order chi connectivity index (χ0) is 12.8. The van der Waals surface area contributed by atoms with Gasteiger partial charge in [-0.3, -0.25) is 0 Å². The Hall–Kier alpha value is -1.97. The first kappa shape index (κ1) is 12.5. The van der Waals surface area contributed by atoms with Crippen LogP contribution in [0.2, 0.25) is 0 Å². The minimum Gasteiger partial charge on any atom is -0.480 e. The largest absolute Gasteiger partial charge is 0.480 e. The lowest BCUT2D eigenvalue weighted by molar-refractivity contribution is 0.399. The van der Waals surface area contributed by atoms with Crippen LogP contribution in [0.1, 0.15) is 18.9 Å². The Kier molecular flexibility index (Phi) is 4.23. The molecule has 2 rings (SSSR count). The van der Waals surface area contributed by atoms with E-state index in [9.17, 15) is 0 Å². The molecule has 2 aromatic heterocycles. The molecule has 0 aliphatic carbocycles. The summed E-state index contributed by atoms with van der Waals surface area (Å²) in [5, 5.41) is 3.34. The number of nitrogens with zero attached hydrogens (tertiary/aromatic N) is 2. The van der Waals surface area contributed by atoms with E-state index in [1.165, 1.54) is 5.56 Å². The Bertz CT molecular complexity index is 493. The average Bonchev–Trinajstić information content (AvgIpc) is 2.85. The van der Waals surface area contributed by atoms with Gasteiger partial charge in [-0.25, -0.2) is 4.98 Å². The van der Waals surface area contributed by atoms with Gasteiger partial charge in [0.1, 0.15) is 0 Å². The molecule has 0 aliphatic rings. The summed E-state index contributed by atoms with van der Waals surface area (Å²) in [6, 6.07) is 5.99. The van der Waals surface area contributed by atoms with E-state index < -0.39 is 0 Å². The lowest BCUT2D eigenvalue weighted by Crippen LogP contribution is -2.01. The highest BCUT2D eigenvalue weighted by Crippen LogP contribution is 2.20. The van der Waals surface area contributed by atoms with Crippen LogP contribution in [0.5, 0.6) is 5.88 Å². The molecule has 0 atom stereocenters. The molecule has 18 heavy (non-hydrogen) atoms. The molecule has 96 valence electrons. The first-order chi connectivity index (χ1) is 8.83. The maximum absolute atomic E-state index is 5.20. The molecular weight excluding hydrogens is 226 g/mol. The van der Waals surface area contributed by atoms with Crippen molar-refractivity contribution in [2.75, 3.05) is 12.4 Å². The fourth-order valence-corrected chi connectivity index (χ4v) is 1.88. The van der Waals surface area contributed by atoms with Crippen molar-refractivity contribution in [1.82, 2.24) is 9.55 Å². The van der Waals surface area contributed by atoms with Crippen molar-refractivity contribution in [1.29, 1.82) is 0 Å². The van der Waals surface area contributed by atoms with Crippen molar-refractivity contribution >= 4 is 5.69 Å². The number of aromatic nitrogens is 2. The Labute approximate surface area is 108 Å². The molecule has 2 heterocycles. The molecule has 0 saturated carbocycles. The number of rotatable bonds is 6. The first-order valence-corrected chi connectivity index (χ1v) is 6.21. The summed E-state index contributed by atoms with van der Waals surface area (Å²) < 4.78 is 7.40. The molecule has 4 heteroatoms. The second kappa shape index (κ2) is 6.10. The molecule has 1 N–H and O–H groups in total. The molecular formula is C14H19N3O. The van der Waals surface area contributed by atoms with Crippen LogP contribution < -0.4 is 10.1 Å². The van der Waals surface area contributed by atoms with Crippen LogP contribution in [0.25, 0.3) is 0 Å². The van der Waals surface area contributed by atoms with Gasteiger partial charge >= 0.3 is 0 Å². The van der Waals surface area contributed by atoms with E-state index in [0.717, 1.165) is 25.2 Å². The molecule has 4 nitrogen and oxygen atoms in total. The summed E-state index contributed by atoms with van der Waals surface area (Å²) in [5.74, 6) is 0.630. The van der Waals surface area contributed by atoms with Gasteiger partial charge in [0.05, 0.1) is 12.8 Å². The average molecular weight is 245 g/mol. The minimum atomic E-state index is 0.630. The van der Waals surface area contributed by atoms with E-state index in [1.54, 1.807) is 13.3 Å². The number of hydrogen-bond donors (Lipinski definition) is 1. The predicted molar refractivity (Wildman–Crippen MR) is 72.8 cm³/mol. The van der Waals surface area contributed by atoms with Crippen molar-refractivity contribution in [2.45, 2.75) is 26.4 Å². The molecule has 0 bridgehead atoms. The van der Waals surface area contributed by atoms with Crippen molar-refractivity contribution in [3.8, 4) is 5.88 Å². The Balaban J connectivity index is 1.97. The summed E-state index contributed by atoms with van der Waals surface area (Å²) in [4.78, 5) is 4.15. The quantitative estimate of drug-likeness (QED) is 0.850. The van der Waals surface area contributed by atoms with Crippen LogP contribution in [0.3, 0.4) is 0 Å². The summed E-state index contributed by atoms with van der Waals surface area (Å²) in [6.07, 6.45) is 7.15. The molecule has 0 radical (unpaired) electrons. The molecule has 2 aromatic rings. The van der Waals surface area contributed by atoms with Crippen molar-refractivity contribution in [3.05, 3.63) is 42.4 Å². The number of ether oxygens (including phenoxy) is 1. The fourth-order valence-electron chi connectivity index (χ4n) is 1.88. The topological polar surface area (TPSA) is 39.1 Å². The van der Waals surface area contributed by atoms with Crippen LogP contribution in [-0.2, 0) is 13.1 Å². The van der Waals surface area contributed by atoms with Crippen molar-refractivity contribution in [2.24, 2.45) is 0 Å². The van der Waals surface area contributed by atoms with Gasteiger partial charge in [0.2, 0.25) is 5.88 Å². The van der Waals surface area contributed by atoms with Gasteiger partial charge in [0.25, 0.3) is 0 Å². The predicted octanol–water partition coefficient (Wildman–Crippen LogP) is 2.91. The number of hydrogen-bond acceptors (Lipinski definition) is 3. The number of pyridine rings is 1. The third-order valence-electron chi connectivity index (χ3n) is 2.74. The second-order valence-corrected chi connectivity index (χ2v) is 4.17. The van der Waals surface area contributed by atoms with Crippen LogP contribution in [-0.4, -0.2) is 16.7 Å². The highest BCUT2D eigenvalue weighted by Gasteiger charge is 2.03. The summed E-state index contributed by atoms with van der Waals surface area (Å²) in [5.41, 5.74) is 2.18. The van der Waals surface area contributed by atoms with Gasteiger partial charge in [0.15, 0.2) is 0 Å². The van der Waals surface area contributed by atoms with Crippen molar-refractivity contribution < 1.29 is 4.74 Å². The van der Waals surface area contributed by atoms with Crippen LogP contribution in [0.4, 0.5) is 5.69 Å². The molecule has 0 saturated heterocycles. The third kappa shape index (κ3) is 3.03. The van der Waals surface area contributed by atoms with E-state index in [1.807, 2.05) is 12.1 Å². The molecule has 0 spiro atoms. The van der Waals surface area contributed by atoms with Crippen LogP contribution in [0.15, 0.2) is 36.8 Å². The van der Waals surface area contributed by atoms with Gasteiger partial charge in [0, 0.05) is 31.7 Å². The maximum atomic E-state index is 5.20. The van der Waals surface area contributed by atoms with Crippen LogP contribution in [0, 0.1) is 0 Å². The molecule has 0 unspecified atom stereocenters. The smallest absolute Gasteiger partial charge is 0.237 e. The summed E-state index contributed by atoms with van der Waals surface area (Å²) in [7, 11) is 1.63. The van der Waals surface area contributed by atoms with Gasteiger partial charge < -0.3 is 14.6 Å². The van der Waals surface area contributed by atoms with Crippen LogP contribution >= 0.6 is 0 Å². The number of aryl methyl sites for hydroxylation is 1. The zero-order valence-corrected chi connectivity index (χ0v) is 10.9. The SMILES string of the molecule is CCCn1ccc(CNc2cccnc2OC)c1. The van der Waals surface area contributed by atoms with Gasteiger partial charge in [-0.1, -0.05) is 6.92 Å². The zero-order valence-electron chi connectivity index (χ0n) is 10.9. The monoisotopic (exact) mass is 245 g/mol. The Morgan fingerprint density at radius 1 is 1.39 bits per heavy atom. The number of methoxy groups -OCH3 is 1. The highest BCUT2D eigenvalue weighted by molar-refractivity contribution is 5.52. The Morgan fingerprint density at radius 2 is 2.28 bits per heavy atom. The molecule has 0 amide bonds. The van der Waals surface area contributed by atoms with Gasteiger partial charge in [-0.05, 0) is 30.2 Å². The summed E-state index contributed by atoms with van der Waals surface area (Å²) in [6.45, 7) is 4.02. The normalized spacial score (nSPS) is 10.3. The van der Waals surface area contributed by atoms with E-state index in [4.69, 9.17) is 4.74 Å². The van der Waals surface area contributed by atoms with Crippen molar-refractivity contribution in [3.63, 3.8) is 0 Å². The van der Waals surface area contributed by atoms with E-state index in [2.05, 4.69) is 40.3 Å². The second-order valence-electron chi connectivity index (χ2n) is 4.17. The first-order valence-electron chi connectivity index (χ1n) is 6.21. The van der Waals surface area contributed by atoms with E-state index >= 15 is 0 Å². The van der Waals surface area contributed by atoms with Gasteiger partial charge in [-0.2, -0.15) is 0 Å². The molecule has 0 aromatic carbocycles.